The van der Waals surface area contributed by atoms with Gasteiger partial charge in [-0.05, 0) is 31.8 Å². The molecule has 2 aromatic rings. The van der Waals surface area contributed by atoms with Gasteiger partial charge in [0.1, 0.15) is 5.82 Å². The number of benzene rings is 1. The second kappa shape index (κ2) is 5.90. The molecule has 1 unspecified atom stereocenters. The predicted octanol–water partition coefficient (Wildman–Crippen LogP) is 1.36. The number of hydrogen-bond donors (Lipinski definition) is 1. The Morgan fingerprint density at radius 3 is 2.89 bits per heavy atom. The van der Waals surface area contributed by atoms with Crippen molar-refractivity contribution in [2.75, 3.05) is 20.6 Å². The zero-order valence-electron chi connectivity index (χ0n) is 11.0. The van der Waals surface area contributed by atoms with E-state index in [-0.39, 0.29) is 11.9 Å². The lowest BCUT2D eigenvalue weighted by Gasteiger charge is -2.12. The van der Waals surface area contributed by atoms with Gasteiger partial charge in [0, 0.05) is 6.54 Å². The van der Waals surface area contributed by atoms with E-state index in [1.165, 1.54) is 12.1 Å². The van der Waals surface area contributed by atoms with Crippen LogP contribution in [-0.4, -0.2) is 35.7 Å². The van der Waals surface area contributed by atoms with Crippen LogP contribution in [0.15, 0.2) is 28.8 Å². The number of halogens is 1. The first-order chi connectivity index (χ1) is 9.04. The summed E-state index contributed by atoms with van der Waals surface area (Å²) in [4.78, 5) is 6.19. The fourth-order valence-corrected chi connectivity index (χ4v) is 1.79. The van der Waals surface area contributed by atoms with Gasteiger partial charge in [0.15, 0.2) is 5.82 Å². The molecular formula is C13H17FN4O. The van der Waals surface area contributed by atoms with Crippen LogP contribution in [0.4, 0.5) is 4.39 Å². The molecule has 1 heterocycles. The largest absolute Gasteiger partial charge is 0.339 e. The van der Waals surface area contributed by atoms with Crippen LogP contribution < -0.4 is 5.73 Å². The van der Waals surface area contributed by atoms with Crippen molar-refractivity contribution in [1.82, 2.24) is 15.0 Å². The Kier molecular flexibility index (Phi) is 4.24. The van der Waals surface area contributed by atoms with Crippen molar-refractivity contribution in [1.29, 1.82) is 0 Å². The van der Waals surface area contributed by atoms with Crippen molar-refractivity contribution in [2.24, 2.45) is 5.73 Å². The van der Waals surface area contributed by atoms with Gasteiger partial charge in [-0.1, -0.05) is 17.3 Å². The molecule has 0 fully saturated rings. The molecule has 0 saturated carbocycles. The zero-order valence-corrected chi connectivity index (χ0v) is 11.0. The maximum Gasteiger partial charge on any atom is 0.231 e. The summed E-state index contributed by atoms with van der Waals surface area (Å²) in [6, 6.07) is 6.02. The highest BCUT2D eigenvalue weighted by Crippen LogP contribution is 2.12. The van der Waals surface area contributed by atoms with Crippen molar-refractivity contribution >= 4 is 0 Å². The van der Waals surface area contributed by atoms with E-state index in [9.17, 15) is 4.39 Å². The molecule has 102 valence electrons. The fourth-order valence-electron chi connectivity index (χ4n) is 1.79. The number of nitrogens with zero attached hydrogens (tertiary/aromatic N) is 3. The molecule has 0 saturated heterocycles. The summed E-state index contributed by atoms with van der Waals surface area (Å²) in [6.45, 7) is 0.638. The molecule has 1 atom stereocenters. The third-order valence-corrected chi connectivity index (χ3v) is 2.62. The van der Waals surface area contributed by atoms with E-state index < -0.39 is 0 Å². The third kappa shape index (κ3) is 3.84. The highest BCUT2D eigenvalue weighted by atomic mass is 19.1. The fraction of sp³-hybridized carbons (Fsp3) is 0.385. The molecule has 0 amide bonds. The first kappa shape index (κ1) is 13.6. The summed E-state index contributed by atoms with van der Waals surface area (Å²) in [5.74, 6) is 0.636. The summed E-state index contributed by atoms with van der Waals surface area (Å²) in [7, 11) is 3.85. The number of rotatable bonds is 5. The third-order valence-electron chi connectivity index (χ3n) is 2.62. The first-order valence-corrected chi connectivity index (χ1v) is 6.02. The molecule has 6 heteroatoms. The number of likely N-dealkylation sites (N-methyl/N-ethyl adjacent to an activating group) is 1. The lowest BCUT2D eigenvalue weighted by atomic mass is 10.1. The van der Waals surface area contributed by atoms with Crippen molar-refractivity contribution < 1.29 is 8.91 Å². The molecule has 0 spiro atoms. The van der Waals surface area contributed by atoms with Gasteiger partial charge in [0.2, 0.25) is 5.89 Å². The van der Waals surface area contributed by atoms with Crippen molar-refractivity contribution in [3.05, 3.63) is 47.4 Å². The Morgan fingerprint density at radius 2 is 2.21 bits per heavy atom. The molecule has 2 rings (SSSR count). The number of aromatic nitrogens is 2. The lowest BCUT2D eigenvalue weighted by molar-refractivity contribution is 0.348. The van der Waals surface area contributed by atoms with E-state index in [0.29, 0.717) is 24.7 Å². The smallest absolute Gasteiger partial charge is 0.231 e. The summed E-state index contributed by atoms with van der Waals surface area (Å²) in [6.07, 6.45) is 0.402. The van der Waals surface area contributed by atoms with Crippen LogP contribution in [0.5, 0.6) is 0 Å². The Bertz CT molecular complexity index is 541. The maximum absolute atomic E-state index is 13.1. The van der Waals surface area contributed by atoms with Crippen LogP contribution in [0, 0.1) is 5.82 Å². The van der Waals surface area contributed by atoms with Gasteiger partial charge in [0.05, 0.1) is 12.5 Å². The summed E-state index contributed by atoms with van der Waals surface area (Å²) in [5, 5.41) is 3.86. The van der Waals surface area contributed by atoms with Crippen LogP contribution >= 0.6 is 0 Å². The average molecular weight is 264 g/mol. The van der Waals surface area contributed by atoms with Gasteiger partial charge in [-0.3, -0.25) is 0 Å². The Morgan fingerprint density at radius 1 is 1.42 bits per heavy atom. The van der Waals surface area contributed by atoms with E-state index in [4.69, 9.17) is 10.3 Å². The van der Waals surface area contributed by atoms with Crippen molar-refractivity contribution in [3.8, 4) is 0 Å². The summed E-state index contributed by atoms with van der Waals surface area (Å²) in [5.41, 5.74) is 6.73. The molecule has 1 aromatic heterocycles. The predicted molar refractivity (Wildman–Crippen MR) is 69.0 cm³/mol. The molecule has 19 heavy (non-hydrogen) atoms. The van der Waals surface area contributed by atoms with Crippen LogP contribution in [0.25, 0.3) is 0 Å². The molecule has 1 aromatic carbocycles. The second-order valence-corrected chi connectivity index (χ2v) is 4.72. The van der Waals surface area contributed by atoms with Gasteiger partial charge in [-0.15, -0.1) is 0 Å². The minimum Gasteiger partial charge on any atom is -0.339 e. The minimum absolute atomic E-state index is 0.276. The SMILES string of the molecule is CN(C)CC(N)c1noc(Cc2cccc(F)c2)n1. The zero-order chi connectivity index (χ0) is 13.8. The minimum atomic E-state index is -0.292. The maximum atomic E-state index is 13.1. The Labute approximate surface area is 111 Å². The standard InChI is InChI=1S/C13H17FN4O/c1-18(2)8-11(15)13-16-12(19-17-13)7-9-4-3-5-10(14)6-9/h3-6,11H,7-8,15H2,1-2H3. The van der Waals surface area contributed by atoms with Gasteiger partial charge < -0.3 is 15.2 Å². The highest BCUT2D eigenvalue weighted by molar-refractivity contribution is 5.19. The normalized spacial score (nSPS) is 12.9. The topological polar surface area (TPSA) is 68.2 Å². The van der Waals surface area contributed by atoms with Crippen LogP contribution in [-0.2, 0) is 6.42 Å². The quantitative estimate of drug-likeness (QED) is 0.883. The van der Waals surface area contributed by atoms with E-state index in [1.807, 2.05) is 25.1 Å². The van der Waals surface area contributed by atoms with Crippen LogP contribution in [0.3, 0.4) is 0 Å². The second-order valence-electron chi connectivity index (χ2n) is 4.72. The molecule has 0 aliphatic carbocycles. The molecule has 0 bridgehead atoms. The van der Waals surface area contributed by atoms with E-state index in [0.717, 1.165) is 5.56 Å². The molecular weight excluding hydrogens is 247 g/mol. The van der Waals surface area contributed by atoms with Crippen LogP contribution in [0.1, 0.15) is 23.3 Å². The molecule has 0 aliphatic heterocycles. The number of nitrogens with two attached hydrogens (primary N) is 1. The van der Waals surface area contributed by atoms with Crippen molar-refractivity contribution in [2.45, 2.75) is 12.5 Å². The average Bonchev–Trinajstić information content (AvgIpc) is 2.76. The first-order valence-electron chi connectivity index (χ1n) is 6.02. The summed E-state index contributed by atoms with van der Waals surface area (Å²) < 4.78 is 18.2. The van der Waals surface area contributed by atoms with E-state index in [1.54, 1.807) is 6.07 Å². The van der Waals surface area contributed by atoms with Gasteiger partial charge in [0.25, 0.3) is 0 Å². The monoisotopic (exact) mass is 264 g/mol. The van der Waals surface area contributed by atoms with Gasteiger partial charge in [-0.2, -0.15) is 4.98 Å². The molecule has 2 N–H and O–H groups in total. The van der Waals surface area contributed by atoms with E-state index in [2.05, 4.69) is 10.1 Å². The van der Waals surface area contributed by atoms with E-state index >= 15 is 0 Å². The summed E-state index contributed by atoms with van der Waals surface area (Å²) >= 11 is 0. The van der Waals surface area contributed by atoms with Gasteiger partial charge >= 0.3 is 0 Å². The molecule has 0 aliphatic rings. The van der Waals surface area contributed by atoms with Crippen molar-refractivity contribution in [3.63, 3.8) is 0 Å². The van der Waals surface area contributed by atoms with Gasteiger partial charge in [-0.25, -0.2) is 4.39 Å². The Hall–Kier alpha value is -1.79. The molecule has 0 radical (unpaired) electrons. The number of hydrogen-bond acceptors (Lipinski definition) is 5. The Balaban J connectivity index is 2.05. The lowest BCUT2D eigenvalue weighted by Crippen LogP contribution is -2.26. The highest BCUT2D eigenvalue weighted by Gasteiger charge is 2.15. The van der Waals surface area contributed by atoms with Crippen LogP contribution in [0.2, 0.25) is 0 Å². The molecule has 5 nitrogen and oxygen atoms in total.